The fourth-order valence-electron chi connectivity index (χ4n) is 3.50. The summed E-state index contributed by atoms with van der Waals surface area (Å²) in [6.45, 7) is 8.41. The normalized spacial score (nSPS) is 10.9. The molecule has 3 aromatic rings. The molecule has 2 aromatic heterocycles. The Bertz CT molecular complexity index is 1030. The number of Topliss-reactive ketones (excluding diaryl/α,β-unsaturated/α-hetero) is 1. The van der Waals surface area contributed by atoms with Crippen LogP contribution in [-0.2, 0) is 11.3 Å². The molecule has 0 saturated carbocycles. The molecule has 0 aliphatic rings. The first-order valence-corrected chi connectivity index (χ1v) is 10.5. The van der Waals surface area contributed by atoms with Gasteiger partial charge >= 0.3 is 0 Å². The molecule has 1 amide bonds. The van der Waals surface area contributed by atoms with Crippen LogP contribution in [0.5, 0.6) is 0 Å². The molecule has 6 heteroatoms. The number of nitrogens with zero attached hydrogens (tertiary/aromatic N) is 3. The highest BCUT2D eigenvalue weighted by molar-refractivity contribution is 7.12. The monoisotopic (exact) mass is 409 g/mol. The van der Waals surface area contributed by atoms with E-state index in [1.54, 1.807) is 23.3 Å². The molecule has 1 aromatic carbocycles. The van der Waals surface area contributed by atoms with Crippen LogP contribution in [0.25, 0.3) is 5.69 Å². The number of hydrogen-bond donors (Lipinski definition) is 0. The second-order valence-corrected chi connectivity index (χ2v) is 8.86. The van der Waals surface area contributed by atoms with E-state index < -0.39 is 0 Å². The van der Waals surface area contributed by atoms with Crippen LogP contribution < -0.4 is 0 Å². The largest absolute Gasteiger partial charge is 0.341 e. The molecule has 152 valence electrons. The van der Waals surface area contributed by atoms with Crippen molar-refractivity contribution in [2.24, 2.45) is 0 Å². The van der Waals surface area contributed by atoms with Crippen molar-refractivity contribution >= 4 is 23.0 Å². The lowest BCUT2D eigenvalue weighted by Crippen LogP contribution is -2.27. The lowest BCUT2D eigenvalue weighted by atomic mass is 10.1. The van der Waals surface area contributed by atoms with Gasteiger partial charge in [-0.15, -0.1) is 11.3 Å². The first-order chi connectivity index (χ1) is 13.8. The average Bonchev–Trinajstić information content (AvgIpc) is 3.19. The van der Waals surface area contributed by atoms with Gasteiger partial charge in [-0.3, -0.25) is 9.59 Å². The van der Waals surface area contributed by atoms with Gasteiger partial charge in [-0.2, -0.15) is 5.10 Å². The van der Waals surface area contributed by atoms with Gasteiger partial charge in [0.2, 0.25) is 5.91 Å². The number of rotatable bonds is 7. The van der Waals surface area contributed by atoms with Crippen molar-refractivity contribution in [3.05, 3.63) is 68.7 Å². The first-order valence-electron chi connectivity index (χ1n) is 9.72. The molecule has 0 fully saturated rings. The highest BCUT2D eigenvalue weighted by Crippen LogP contribution is 2.23. The van der Waals surface area contributed by atoms with E-state index in [0.717, 1.165) is 38.0 Å². The summed E-state index contributed by atoms with van der Waals surface area (Å²) >= 11 is 1.62. The maximum atomic E-state index is 12.6. The fourth-order valence-corrected chi connectivity index (χ4v) is 4.45. The van der Waals surface area contributed by atoms with E-state index in [0.29, 0.717) is 6.54 Å². The molecule has 0 atom stereocenters. The van der Waals surface area contributed by atoms with E-state index in [1.807, 2.05) is 68.8 Å². The first kappa shape index (κ1) is 21.0. The summed E-state index contributed by atoms with van der Waals surface area (Å²) < 4.78 is 1.91. The summed E-state index contributed by atoms with van der Waals surface area (Å²) in [4.78, 5) is 28.9. The third-order valence-corrected chi connectivity index (χ3v) is 6.14. The zero-order valence-corrected chi connectivity index (χ0v) is 18.5. The fraction of sp³-hybridized carbons (Fsp3) is 0.348. The minimum Gasteiger partial charge on any atom is -0.341 e. The number of hydrogen-bond acceptors (Lipinski definition) is 4. The van der Waals surface area contributed by atoms with Crippen LogP contribution in [0.3, 0.4) is 0 Å². The van der Waals surface area contributed by atoms with E-state index in [4.69, 9.17) is 0 Å². The lowest BCUT2D eigenvalue weighted by Gasteiger charge is -2.17. The minimum absolute atomic E-state index is 0.0331. The number of aromatic nitrogens is 2. The quantitative estimate of drug-likeness (QED) is 0.527. The van der Waals surface area contributed by atoms with Gasteiger partial charge in [0.05, 0.1) is 11.4 Å². The van der Waals surface area contributed by atoms with Gasteiger partial charge in [0.1, 0.15) is 0 Å². The van der Waals surface area contributed by atoms with Crippen molar-refractivity contribution in [2.75, 3.05) is 7.05 Å². The predicted octanol–water partition coefficient (Wildman–Crippen LogP) is 4.79. The number of amides is 1. The molecule has 0 unspecified atom stereocenters. The third kappa shape index (κ3) is 4.65. The van der Waals surface area contributed by atoms with Crippen LogP contribution in [0.4, 0.5) is 0 Å². The van der Waals surface area contributed by atoms with E-state index in [1.165, 1.54) is 0 Å². The molecule has 0 bridgehead atoms. The SMILES string of the molecule is Cc1cc(C(=O)CCC(=O)N(C)Cc2c(C)nn(-c3ccccc3)c2C)c(C)s1. The van der Waals surface area contributed by atoms with Gasteiger partial charge in [0.15, 0.2) is 5.78 Å². The molecule has 2 heterocycles. The summed E-state index contributed by atoms with van der Waals surface area (Å²) in [5.41, 5.74) is 4.72. The molecular weight excluding hydrogens is 382 g/mol. The third-order valence-electron chi connectivity index (χ3n) is 5.17. The van der Waals surface area contributed by atoms with Gasteiger partial charge in [-0.05, 0) is 45.9 Å². The second kappa shape index (κ2) is 8.74. The molecule has 0 aliphatic carbocycles. The van der Waals surface area contributed by atoms with Gasteiger partial charge in [-0.25, -0.2) is 4.68 Å². The van der Waals surface area contributed by atoms with Crippen LogP contribution in [0, 0.1) is 27.7 Å². The summed E-state index contributed by atoms with van der Waals surface area (Å²) in [5, 5.41) is 4.64. The standard InChI is InChI=1S/C23H27N3O2S/c1-15-13-20(18(4)29-15)22(27)11-12-23(28)25(5)14-21-16(2)24-26(17(21)3)19-9-7-6-8-10-19/h6-10,13H,11-12,14H2,1-5H3. The van der Waals surface area contributed by atoms with E-state index in [-0.39, 0.29) is 24.5 Å². The Hall–Kier alpha value is -2.73. The van der Waals surface area contributed by atoms with Crippen LogP contribution in [0.1, 0.15) is 49.9 Å². The maximum Gasteiger partial charge on any atom is 0.223 e. The molecule has 29 heavy (non-hydrogen) atoms. The zero-order chi connectivity index (χ0) is 21.1. The molecule has 5 nitrogen and oxygen atoms in total. The minimum atomic E-state index is -0.0331. The Kier molecular flexibility index (Phi) is 6.33. The van der Waals surface area contributed by atoms with Crippen molar-refractivity contribution in [1.82, 2.24) is 14.7 Å². The molecular formula is C23H27N3O2S. The maximum absolute atomic E-state index is 12.6. The van der Waals surface area contributed by atoms with E-state index in [9.17, 15) is 9.59 Å². The van der Waals surface area contributed by atoms with Crippen molar-refractivity contribution in [2.45, 2.75) is 47.1 Å². The Morgan fingerprint density at radius 2 is 1.76 bits per heavy atom. The lowest BCUT2D eigenvalue weighted by molar-refractivity contribution is -0.130. The van der Waals surface area contributed by atoms with Crippen molar-refractivity contribution in [3.63, 3.8) is 0 Å². The predicted molar refractivity (Wildman–Crippen MR) is 117 cm³/mol. The number of carbonyl (C=O) groups is 2. The highest BCUT2D eigenvalue weighted by Gasteiger charge is 2.19. The van der Waals surface area contributed by atoms with Crippen LogP contribution in [0.15, 0.2) is 36.4 Å². The molecule has 0 N–H and O–H groups in total. The smallest absolute Gasteiger partial charge is 0.223 e. The second-order valence-electron chi connectivity index (χ2n) is 7.40. The molecule has 0 radical (unpaired) electrons. The number of benzene rings is 1. The number of thiophene rings is 1. The molecule has 0 spiro atoms. The molecule has 0 aliphatic heterocycles. The summed E-state index contributed by atoms with van der Waals surface area (Å²) in [6, 6.07) is 11.9. The topological polar surface area (TPSA) is 55.2 Å². The van der Waals surface area contributed by atoms with Gasteiger partial charge < -0.3 is 4.90 Å². The molecule has 3 rings (SSSR count). The van der Waals surface area contributed by atoms with Crippen LogP contribution >= 0.6 is 11.3 Å². The highest BCUT2D eigenvalue weighted by atomic mass is 32.1. The average molecular weight is 410 g/mol. The van der Waals surface area contributed by atoms with Gasteiger partial charge in [0.25, 0.3) is 0 Å². The summed E-state index contributed by atoms with van der Waals surface area (Å²) in [5.74, 6) is 0.00655. The summed E-state index contributed by atoms with van der Waals surface area (Å²) in [6.07, 6.45) is 0.454. The van der Waals surface area contributed by atoms with Gasteiger partial charge in [0, 0.05) is 53.0 Å². The Morgan fingerprint density at radius 3 is 2.38 bits per heavy atom. The van der Waals surface area contributed by atoms with E-state index in [2.05, 4.69) is 5.10 Å². The van der Waals surface area contributed by atoms with Crippen LogP contribution in [0.2, 0.25) is 0 Å². The molecule has 0 saturated heterocycles. The summed E-state index contributed by atoms with van der Waals surface area (Å²) in [7, 11) is 1.78. The van der Waals surface area contributed by atoms with Crippen molar-refractivity contribution in [1.29, 1.82) is 0 Å². The number of para-hydroxylation sites is 1. The van der Waals surface area contributed by atoms with Crippen molar-refractivity contribution < 1.29 is 9.59 Å². The number of carbonyl (C=O) groups excluding carboxylic acids is 2. The Balaban J connectivity index is 1.65. The van der Waals surface area contributed by atoms with Gasteiger partial charge in [-0.1, -0.05) is 18.2 Å². The number of aryl methyl sites for hydroxylation is 3. The number of ketones is 1. The van der Waals surface area contributed by atoms with Crippen LogP contribution in [-0.4, -0.2) is 33.4 Å². The van der Waals surface area contributed by atoms with Crippen molar-refractivity contribution in [3.8, 4) is 5.69 Å². The zero-order valence-electron chi connectivity index (χ0n) is 17.7. The Labute approximate surface area is 176 Å². The van der Waals surface area contributed by atoms with E-state index >= 15 is 0 Å². The Morgan fingerprint density at radius 1 is 1.07 bits per heavy atom.